The molecule has 0 N–H and O–H groups in total. The molecule has 0 aromatic heterocycles. The zero-order valence-electron chi connectivity index (χ0n) is 11.1. The van der Waals surface area contributed by atoms with Crippen molar-refractivity contribution in [1.29, 1.82) is 0 Å². The van der Waals surface area contributed by atoms with Gasteiger partial charge in [0.15, 0.2) is 0 Å². The van der Waals surface area contributed by atoms with Crippen molar-refractivity contribution in [3.8, 4) is 0 Å². The summed E-state index contributed by atoms with van der Waals surface area (Å²) in [5.74, 6) is 0.673. The molecule has 0 aliphatic carbocycles. The highest BCUT2D eigenvalue weighted by atomic mass is 16.1. The summed E-state index contributed by atoms with van der Waals surface area (Å²) in [7, 11) is 0. The van der Waals surface area contributed by atoms with Gasteiger partial charge in [-0.15, -0.1) is 0 Å². The lowest BCUT2D eigenvalue weighted by Gasteiger charge is -2.16. The lowest BCUT2D eigenvalue weighted by molar-refractivity contribution is 0.112. The Morgan fingerprint density at radius 3 is 2.24 bits per heavy atom. The monoisotopic (exact) mass is 232 g/mol. The molecule has 94 valence electrons. The van der Waals surface area contributed by atoms with Crippen molar-refractivity contribution >= 4 is 6.29 Å². The second kappa shape index (κ2) is 8.05. The Hall–Kier alpha value is -1.11. The third-order valence-electron chi connectivity index (χ3n) is 3.34. The molecule has 0 saturated carbocycles. The van der Waals surface area contributed by atoms with Gasteiger partial charge in [0.1, 0.15) is 6.29 Å². The summed E-state index contributed by atoms with van der Waals surface area (Å²) < 4.78 is 0. The van der Waals surface area contributed by atoms with Crippen molar-refractivity contribution < 1.29 is 4.79 Å². The van der Waals surface area contributed by atoms with E-state index in [1.165, 1.54) is 44.1 Å². The van der Waals surface area contributed by atoms with Crippen LogP contribution >= 0.6 is 0 Å². The number of unbranched alkanes of at least 4 members (excludes halogenated alkanes) is 2. The van der Waals surface area contributed by atoms with Crippen molar-refractivity contribution in [2.45, 2.75) is 58.3 Å². The van der Waals surface area contributed by atoms with E-state index < -0.39 is 0 Å². The Morgan fingerprint density at radius 2 is 1.71 bits per heavy atom. The van der Waals surface area contributed by atoms with Gasteiger partial charge in [0.05, 0.1) is 0 Å². The zero-order chi connectivity index (χ0) is 12.5. The van der Waals surface area contributed by atoms with Crippen LogP contribution in [0, 0.1) is 0 Å². The minimum Gasteiger partial charge on any atom is -0.298 e. The minimum atomic E-state index is 0.673. The summed E-state index contributed by atoms with van der Waals surface area (Å²) in [6.45, 7) is 4.49. The first-order valence-corrected chi connectivity index (χ1v) is 6.87. The van der Waals surface area contributed by atoms with E-state index in [-0.39, 0.29) is 0 Å². The molecule has 0 fully saturated rings. The maximum atomic E-state index is 10.6. The van der Waals surface area contributed by atoms with Crippen LogP contribution in [0.3, 0.4) is 0 Å². The van der Waals surface area contributed by atoms with Crippen molar-refractivity contribution in [2.24, 2.45) is 0 Å². The van der Waals surface area contributed by atoms with Crippen LogP contribution in [-0.4, -0.2) is 6.29 Å². The van der Waals surface area contributed by atoms with Crippen LogP contribution in [0.25, 0.3) is 0 Å². The van der Waals surface area contributed by atoms with Gasteiger partial charge in [0.25, 0.3) is 0 Å². The summed E-state index contributed by atoms with van der Waals surface area (Å²) >= 11 is 0. The Bertz CT molecular complexity index is 313. The third-order valence-corrected chi connectivity index (χ3v) is 3.34. The highest BCUT2D eigenvalue weighted by Gasteiger charge is 2.09. The lowest BCUT2D eigenvalue weighted by atomic mass is 9.89. The van der Waals surface area contributed by atoms with Gasteiger partial charge < -0.3 is 0 Å². The van der Waals surface area contributed by atoms with Gasteiger partial charge in [-0.1, -0.05) is 63.8 Å². The molecule has 1 heteroatoms. The summed E-state index contributed by atoms with van der Waals surface area (Å²) in [5.41, 5.74) is 2.17. The third kappa shape index (κ3) is 4.72. The highest BCUT2D eigenvalue weighted by Crippen LogP contribution is 2.27. The highest BCUT2D eigenvalue weighted by molar-refractivity contribution is 5.74. The second-order valence-corrected chi connectivity index (χ2v) is 4.77. The quantitative estimate of drug-likeness (QED) is 0.457. The molecule has 17 heavy (non-hydrogen) atoms. The van der Waals surface area contributed by atoms with Crippen molar-refractivity contribution in [3.63, 3.8) is 0 Å². The smallest absolute Gasteiger partial charge is 0.150 e. The fourth-order valence-corrected chi connectivity index (χ4v) is 2.31. The minimum absolute atomic E-state index is 0.673. The van der Waals surface area contributed by atoms with Crippen LogP contribution in [0.1, 0.15) is 74.2 Å². The van der Waals surface area contributed by atoms with Gasteiger partial charge in [-0.05, 0) is 24.3 Å². The first-order chi connectivity index (χ1) is 8.31. The maximum absolute atomic E-state index is 10.6. The van der Waals surface area contributed by atoms with Crippen molar-refractivity contribution in [3.05, 3.63) is 35.4 Å². The molecule has 0 saturated heterocycles. The molecule has 1 unspecified atom stereocenters. The SMILES string of the molecule is CCCCCC(CCC)c1ccc(C=O)cc1. The number of hydrogen-bond acceptors (Lipinski definition) is 1. The molecule has 0 spiro atoms. The van der Waals surface area contributed by atoms with E-state index in [2.05, 4.69) is 26.0 Å². The van der Waals surface area contributed by atoms with Crippen LogP contribution in [-0.2, 0) is 0 Å². The molecule has 0 aliphatic rings. The summed E-state index contributed by atoms with van der Waals surface area (Å²) in [5, 5.41) is 0. The second-order valence-electron chi connectivity index (χ2n) is 4.77. The molecular weight excluding hydrogens is 208 g/mol. The van der Waals surface area contributed by atoms with E-state index in [4.69, 9.17) is 0 Å². The number of benzene rings is 1. The Morgan fingerprint density at radius 1 is 1.00 bits per heavy atom. The van der Waals surface area contributed by atoms with Gasteiger partial charge in [0, 0.05) is 5.56 Å². The zero-order valence-corrected chi connectivity index (χ0v) is 11.1. The summed E-state index contributed by atoms with van der Waals surface area (Å²) in [6.07, 6.45) is 8.60. The molecule has 1 nitrogen and oxygen atoms in total. The normalized spacial score (nSPS) is 12.4. The summed E-state index contributed by atoms with van der Waals surface area (Å²) in [6, 6.07) is 8.11. The van der Waals surface area contributed by atoms with Gasteiger partial charge in [0.2, 0.25) is 0 Å². The van der Waals surface area contributed by atoms with E-state index >= 15 is 0 Å². The first kappa shape index (κ1) is 14.0. The van der Waals surface area contributed by atoms with E-state index in [0.717, 1.165) is 11.8 Å². The van der Waals surface area contributed by atoms with Crippen LogP contribution in [0.4, 0.5) is 0 Å². The fourth-order valence-electron chi connectivity index (χ4n) is 2.31. The number of carbonyl (C=O) groups is 1. The predicted molar refractivity (Wildman–Crippen MR) is 73.6 cm³/mol. The molecule has 0 aliphatic heterocycles. The van der Waals surface area contributed by atoms with Crippen molar-refractivity contribution in [2.75, 3.05) is 0 Å². The molecule has 1 rings (SSSR count). The van der Waals surface area contributed by atoms with Crippen LogP contribution in [0.15, 0.2) is 24.3 Å². The standard InChI is InChI=1S/C16H24O/c1-3-5-6-8-15(7-4-2)16-11-9-14(13-17)10-12-16/h9-13,15H,3-8H2,1-2H3. The Kier molecular flexibility index (Phi) is 6.61. The Balaban J connectivity index is 2.63. The van der Waals surface area contributed by atoms with E-state index in [1.54, 1.807) is 0 Å². The molecule has 1 aromatic carbocycles. The van der Waals surface area contributed by atoms with Crippen molar-refractivity contribution in [1.82, 2.24) is 0 Å². The molecule has 0 heterocycles. The predicted octanol–water partition coefficient (Wildman–Crippen LogP) is 4.96. The van der Waals surface area contributed by atoms with Crippen LogP contribution in [0.2, 0.25) is 0 Å². The lowest BCUT2D eigenvalue weighted by Crippen LogP contribution is -1.99. The van der Waals surface area contributed by atoms with E-state index in [9.17, 15) is 4.79 Å². The topological polar surface area (TPSA) is 17.1 Å². The van der Waals surface area contributed by atoms with Gasteiger partial charge in [-0.2, -0.15) is 0 Å². The number of hydrogen-bond donors (Lipinski definition) is 0. The van der Waals surface area contributed by atoms with Crippen LogP contribution in [0.5, 0.6) is 0 Å². The van der Waals surface area contributed by atoms with Gasteiger partial charge in [-0.25, -0.2) is 0 Å². The number of rotatable bonds is 8. The summed E-state index contributed by atoms with van der Waals surface area (Å²) in [4.78, 5) is 10.6. The largest absolute Gasteiger partial charge is 0.298 e. The molecule has 1 aromatic rings. The number of carbonyl (C=O) groups excluding carboxylic acids is 1. The van der Waals surface area contributed by atoms with E-state index in [0.29, 0.717) is 5.92 Å². The van der Waals surface area contributed by atoms with E-state index in [1.807, 2.05) is 12.1 Å². The fraction of sp³-hybridized carbons (Fsp3) is 0.562. The number of aldehydes is 1. The molecule has 0 amide bonds. The molecule has 1 atom stereocenters. The Labute approximate surface area is 105 Å². The first-order valence-electron chi connectivity index (χ1n) is 6.87. The molecule has 0 bridgehead atoms. The van der Waals surface area contributed by atoms with Gasteiger partial charge in [-0.3, -0.25) is 4.79 Å². The molecule has 0 radical (unpaired) electrons. The van der Waals surface area contributed by atoms with Gasteiger partial charge >= 0.3 is 0 Å². The maximum Gasteiger partial charge on any atom is 0.150 e. The van der Waals surface area contributed by atoms with Crippen LogP contribution < -0.4 is 0 Å². The average molecular weight is 232 g/mol. The molecular formula is C16H24O. The average Bonchev–Trinajstić information content (AvgIpc) is 2.38.